The van der Waals surface area contributed by atoms with Crippen molar-refractivity contribution in [2.24, 2.45) is 0 Å². The van der Waals surface area contributed by atoms with E-state index >= 15 is 0 Å². The zero-order valence-electron chi connectivity index (χ0n) is 13.2. The summed E-state index contributed by atoms with van der Waals surface area (Å²) in [6.45, 7) is 0. The van der Waals surface area contributed by atoms with Gasteiger partial charge >= 0.3 is 5.97 Å². The highest BCUT2D eigenvalue weighted by atomic mass is 19.2. The molecule has 0 aliphatic carbocycles. The van der Waals surface area contributed by atoms with Crippen LogP contribution in [-0.2, 0) is 0 Å². The van der Waals surface area contributed by atoms with E-state index in [4.69, 9.17) is 9.26 Å². The normalized spacial score (nSPS) is 10.6. The molecule has 0 unspecified atom stereocenters. The van der Waals surface area contributed by atoms with Crippen LogP contribution < -0.4 is 10.1 Å². The van der Waals surface area contributed by atoms with Crippen LogP contribution in [0, 0.1) is 17.5 Å². The van der Waals surface area contributed by atoms with E-state index in [0.717, 1.165) is 0 Å². The average Bonchev–Trinajstić information content (AvgIpc) is 3.02. The van der Waals surface area contributed by atoms with Crippen molar-refractivity contribution in [2.75, 3.05) is 12.4 Å². The van der Waals surface area contributed by atoms with E-state index in [1.54, 1.807) is 24.3 Å². The number of carboxylic acid groups (broad SMARTS) is 1. The number of nitrogens with zero attached hydrogens (tertiary/aromatic N) is 1. The quantitative estimate of drug-likeness (QED) is 0.660. The van der Waals surface area contributed by atoms with Gasteiger partial charge in [-0.25, -0.2) is 18.0 Å². The molecule has 0 aliphatic heterocycles. The highest BCUT2D eigenvalue weighted by Crippen LogP contribution is 2.33. The summed E-state index contributed by atoms with van der Waals surface area (Å²) in [5.41, 5.74) is -1.08. The number of hydrogen-bond acceptors (Lipinski definition) is 5. The Bertz CT molecular complexity index is 971. The Morgan fingerprint density at radius 2 is 1.77 bits per heavy atom. The number of carboxylic acids is 1. The van der Waals surface area contributed by atoms with E-state index in [1.165, 1.54) is 7.11 Å². The molecule has 0 aliphatic rings. The summed E-state index contributed by atoms with van der Waals surface area (Å²) in [7, 11) is 1.49. The van der Waals surface area contributed by atoms with Gasteiger partial charge in [0.2, 0.25) is 5.88 Å². The molecule has 9 heteroatoms. The van der Waals surface area contributed by atoms with Gasteiger partial charge in [0, 0.05) is 17.3 Å². The molecule has 6 nitrogen and oxygen atoms in total. The third-order valence-electron chi connectivity index (χ3n) is 3.52. The smallest absolute Gasteiger partial charge is 0.343 e. The number of methoxy groups -OCH3 is 1. The molecule has 3 aromatic rings. The first-order valence-electron chi connectivity index (χ1n) is 7.19. The molecule has 0 atom stereocenters. The van der Waals surface area contributed by atoms with Gasteiger partial charge in [0.25, 0.3) is 0 Å². The highest BCUT2D eigenvalue weighted by Gasteiger charge is 2.27. The van der Waals surface area contributed by atoms with Crippen LogP contribution in [0.3, 0.4) is 0 Å². The van der Waals surface area contributed by atoms with E-state index in [-0.39, 0.29) is 5.88 Å². The van der Waals surface area contributed by atoms with Gasteiger partial charge in [-0.3, -0.25) is 0 Å². The van der Waals surface area contributed by atoms with Crippen molar-refractivity contribution in [3.63, 3.8) is 0 Å². The lowest BCUT2D eigenvalue weighted by molar-refractivity contribution is 0.0698. The molecule has 1 aromatic heterocycles. The molecule has 2 aromatic carbocycles. The standard InChI is InChI=1S/C17H11F3N2O4/c1-25-9-4-2-8(3-5-9)21-16-14(17(23)24)15(22-26-16)10-6-12(19)13(20)7-11(10)18/h2-7,21H,1H3,(H,23,24). The van der Waals surface area contributed by atoms with Gasteiger partial charge in [0.05, 0.1) is 7.11 Å². The Hall–Kier alpha value is -3.49. The Morgan fingerprint density at radius 1 is 1.12 bits per heavy atom. The summed E-state index contributed by atoms with van der Waals surface area (Å²) in [6.07, 6.45) is 0. The van der Waals surface area contributed by atoms with Crippen molar-refractivity contribution in [3.8, 4) is 17.0 Å². The second kappa shape index (κ2) is 6.79. The minimum atomic E-state index is -1.48. The van der Waals surface area contributed by atoms with Gasteiger partial charge in [0.1, 0.15) is 17.3 Å². The highest BCUT2D eigenvalue weighted by molar-refractivity contribution is 6.00. The molecule has 0 fully saturated rings. The fourth-order valence-corrected chi connectivity index (χ4v) is 2.27. The van der Waals surface area contributed by atoms with E-state index in [9.17, 15) is 23.1 Å². The number of hydrogen-bond donors (Lipinski definition) is 2. The molecular weight excluding hydrogens is 353 g/mol. The Morgan fingerprint density at radius 3 is 2.38 bits per heavy atom. The van der Waals surface area contributed by atoms with Crippen LogP contribution >= 0.6 is 0 Å². The van der Waals surface area contributed by atoms with Crippen LogP contribution in [0.5, 0.6) is 5.75 Å². The minimum Gasteiger partial charge on any atom is -0.497 e. The van der Waals surface area contributed by atoms with Crippen LogP contribution in [0.25, 0.3) is 11.3 Å². The predicted molar refractivity (Wildman–Crippen MR) is 85.0 cm³/mol. The molecule has 0 radical (unpaired) electrons. The Labute approximate surface area is 144 Å². The van der Waals surface area contributed by atoms with Gasteiger partial charge < -0.3 is 19.7 Å². The predicted octanol–water partition coefficient (Wildman–Crippen LogP) is 4.21. The molecule has 0 bridgehead atoms. The minimum absolute atomic E-state index is 0.290. The maximum Gasteiger partial charge on any atom is 0.343 e. The number of aromatic carboxylic acids is 1. The van der Waals surface area contributed by atoms with Crippen LogP contribution in [-0.4, -0.2) is 23.3 Å². The molecule has 0 amide bonds. The summed E-state index contributed by atoms with van der Waals surface area (Å²) in [4.78, 5) is 11.6. The molecule has 0 spiro atoms. The molecule has 0 saturated heterocycles. The monoisotopic (exact) mass is 364 g/mol. The number of anilines is 2. The zero-order valence-corrected chi connectivity index (χ0v) is 13.2. The fraction of sp³-hybridized carbons (Fsp3) is 0.0588. The van der Waals surface area contributed by atoms with E-state index < -0.39 is 40.2 Å². The first kappa shape index (κ1) is 17.3. The molecule has 2 N–H and O–H groups in total. The molecule has 1 heterocycles. The summed E-state index contributed by atoms with van der Waals surface area (Å²) in [5.74, 6) is -5.11. The lowest BCUT2D eigenvalue weighted by Gasteiger charge is -2.05. The number of carbonyl (C=O) groups is 1. The van der Waals surface area contributed by atoms with Crippen molar-refractivity contribution < 1.29 is 32.3 Å². The topological polar surface area (TPSA) is 84.6 Å². The first-order chi connectivity index (χ1) is 12.4. The van der Waals surface area contributed by atoms with Gasteiger partial charge in [-0.15, -0.1) is 0 Å². The molecule has 134 valence electrons. The maximum atomic E-state index is 14.0. The number of aromatic nitrogens is 1. The van der Waals surface area contributed by atoms with E-state index in [1.807, 2.05) is 0 Å². The van der Waals surface area contributed by atoms with E-state index in [0.29, 0.717) is 23.6 Å². The van der Waals surface area contributed by atoms with Crippen molar-refractivity contribution in [1.29, 1.82) is 0 Å². The number of rotatable bonds is 5. The summed E-state index contributed by atoms with van der Waals surface area (Å²) >= 11 is 0. The number of benzene rings is 2. The van der Waals surface area contributed by atoms with Crippen LogP contribution in [0.1, 0.15) is 10.4 Å². The van der Waals surface area contributed by atoms with Crippen molar-refractivity contribution in [1.82, 2.24) is 5.16 Å². The zero-order chi connectivity index (χ0) is 18.8. The van der Waals surface area contributed by atoms with Crippen LogP contribution in [0.4, 0.5) is 24.7 Å². The van der Waals surface area contributed by atoms with Gasteiger partial charge in [-0.2, -0.15) is 0 Å². The lowest BCUT2D eigenvalue weighted by atomic mass is 10.1. The summed E-state index contributed by atoms with van der Waals surface area (Å²) in [6, 6.07) is 7.24. The van der Waals surface area contributed by atoms with Crippen LogP contribution in [0.2, 0.25) is 0 Å². The second-order valence-corrected chi connectivity index (χ2v) is 5.14. The molecular formula is C17H11F3N2O4. The Kier molecular flexibility index (Phi) is 4.53. The number of nitrogens with one attached hydrogen (secondary N) is 1. The molecule has 3 rings (SSSR count). The maximum absolute atomic E-state index is 14.0. The van der Waals surface area contributed by atoms with Crippen LogP contribution in [0.15, 0.2) is 40.9 Å². The van der Waals surface area contributed by atoms with Gasteiger partial charge in [-0.1, -0.05) is 5.16 Å². The average molecular weight is 364 g/mol. The summed E-state index contributed by atoms with van der Waals surface area (Å²) < 4.78 is 50.4. The molecule has 0 saturated carbocycles. The first-order valence-corrected chi connectivity index (χ1v) is 7.19. The number of ether oxygens (including phenoxy) is 1. The van der Waals surface area contributed by atoms with Crippen molar-refractivity contribution in [3.05, 3.63) is 59.4 Å². The second-order valence-electron chi connectivity index (χ2n) is 5.14. The third-order valence-corrected chi connectivity index (χ3v) is 3.52. The lowest BCUT2D eigenvalue weighted by Crippen LogP contribution is -2.03. The molecule has 26 heavy (non-hydrogen) atoms. The van der Waals surface area contributed by atoms with Crippen molar-refractivity contribution >= 4 is 17.5 Å². The van der Waals surface area contributed by atoms with Gasteiger partial charge in [0.15, 0.2) is 17.2 Å². The summed E-state index contributed by atoms with van der Waals surface area (Å²) in [5, 5.41) is 15.6. The van der Waals surface area contributed by atoms with E-state index in [2.05, 4.69) is 10.5 Å². The number of halogens is 3. The Balaban J connectivity index is 2.04. The third kappa shape index (κ3) is 3.18. The fourth-order valence-electron chi connectivity index (χ4n) is 2.27. The SMILES string of the molecule is COc1ccc(Nc2onc(-c3cc(F)c(F)cc3F)c2C(=O)O)cc1. The van der Waals surface area contributed by atoms with Crippen molar-refractivity contribution in [2.45, 2.75) is 0 Å². The largest absolute Gasteiger partial charge is 0.497 e. The van der Waals surface area contributed by atoms with Gasteiger partial charge in [-0.05, 0) is 30.3 Å².